The highest BCUT2D eigenvalue weighted by Crippen LogP contribution is 2.34. The Hall–Kier alpha value is -0.810. The molecule has 1 saturated heterocycles. The van der Waals surface area contributed by atoms with Gasteiger partial charge in [0.2, 0.25) is 5.91 Å². The number of carbonyl (C=O) groups excluding carboxylic acids is 1. The van der Waals surface area contributed by atoms with Crippen LogP contribution in [0.4, 0.5) is 0 Å². The van der Waals surface area contributed by atoms with Gasteiger partial charge in [-0.05, 0) is 53.9 Å². The average molecular weight is 343 g/mol. The molecule has 1 amide bonds. The molecule has 2 heterocycles. The van der Waals surface area contributed by atoms with Crippen LogP contribution in [0.3, 0.4) is 0 Å². The van der Waals surface area contributed by atoms with Crippen LogP contribution in [0.1, 0.15) is 38.4 Å². The number of hydrogen-bond donors (Lipinski definition) is 1. The van der Waals surface area contributed by atoms with Crippen molar-refractivity contribution in [1.82, 2.24) is 10.2 Å². The topological polar surface area (TPSA) is 45.5 Å². The van der Waals surface area contributed by atoms with Crippen LogP contribution in [-0.2, 0) is 11.3 Å². The number of piperidine rings is 1. The zero-order chi connectivity index (χ0) is 14.6. The fourth-order valence-corrected chi connectivity index (χ4v) is 3.44. The number of halogens is 1. The molecule has 1 fully saturated rings. The molecule has 1 unspecified atom stereocenters. The van der Waals surface area contributed by atoms with Crippen molar-refractivity contribution >= 4 is 21.8 Å². The van der Waals surface area contributed by atoms with Crippen LogP contribution in [0.25, 0.3) is 0 Å². The Morgan fingerprint density at radius 1 is 1.55 bits per heavy atom. The number of nitrogens with one attached hydrogen (secondary N) is 1. The van der Waals surface area contributed by atoms with Crippen LogP contribution in [0, 0.1) is 5.41 Å². The van der Waals surface area contributed by atoms with E-state index in [0.29, 0.717) is 11.2 Å². The Balaban J connectivity index is 2.06. The van der Waals surface area contributed by atoms with Crippen molar-refractivity contribution in [3.8, 4) is 0 Å². The molecule has 1 aromatic heterocycles. The molecule has 1 aliphatic heterocycles. The molecule has 0 bridgehead atoms. The summed E-state index contributed by atoms with van der Waals surface area (Å²) in [4.78, 5) is 14.7. The molecule has 5 heteroatoms. The van der Waals surface area contributed by atoms with E-state index in [4.69, 9.17) is 4.42 Å². The first-order chi connectivity index (χ1) is 9.57. The van der Waals surface area contributed by atoms with E-state index < -0.39 is 0 Å². The van der Waals surface area contributed by atoms with Crippen LogP contribution in [0.5, 0.6) is 0 Å². The van der Waals surface area contributed by atoms with E-state index in [1.165, 1.54) is 0 Å². The second kappa shape index (κ2) is 6.76. The molecule has 1 aromatic rings. The zero-order valence-electron chi connectivity index (χ0n) is 12.2. The van der Waals surface area contributed by atoms with Gasteiger partial charge in [-0.2, -0.15) is 0 Å². The minimum absolute atomic E-state index is 0.231. The Morgan fingerprint density at radius 2 is 2.35 bits per heavy atom. The maximum atomic E-state index is 12.9. The van der Waals surface area contributed by atoms with Crippen LogP contribution in [-0.4, -0.2) is 30.9 Å². The van der Waals surface area contributed by atoms with E-state index in [1.54, 1.807) is 4.90 Å². The van der Waals surface area contributed by atoms with Gasteiger partial charge in [0.05, 0.1) is 12.0 Å². The fourth-order valence-electron chi connectivity index (χ4n) is 3.10. The largest absolute Gasteiger partial charge is 0.452 e. The molecule has 1 aliphatic rings. The monoisotopic (exact) mass is 342 g/mol. The summed E-state index contributed by atoms with van der Waals surface area (Å²) in [5.74, 6) is 1.04. The summed E-state index contributed by atoms with van der Waals surface area (Å²) in [7, 11) is 1.87. The molecule has 0 saturated carbocycles. The lowest BCUT2D eigenvalue weighted by Crippen LogP contribution is -2.50. The zero-order valence-corrected chi connectivity index (χ0v) is 13.8. The highest BCUT2D eigenvalue weighted by molar-refractivity contribution is 9.10. The predicted molar refractivity (Wildman–Crippen MR) is 82.3 cm³/mol. The lowest BCUT2D eigenvalue weighted by molar-refractivity contribution is -0.143. The minimum Gasteiger partial charge on any atom is -0.452 e. The van der Waals surface area contributed by atoms with Crippen molar-refractivity contribution in [3.63, 3.8) is 0 Å². The smallest absolute Gasteiger partial charge is 0.230 e. The maximum Gasteiger partial charge on any atom is 0.230 e. The summed E-state index contributed by atoms with van der Waals surface area (Å²) in [5, 5.41) is 3.39. The van der Waals surface area contributed by atoms with E-state index in [9.17, 15) is 4.79 Å². The molecular weight excluding hydrogens is 320 g/mol. The van der Waals surface area contributed by atoms with Gasteiger partial charge < -0.3 is 14.6 Å². The summed E-state index contributed by atoms with van der Waals surface area (Å²) >= 11 is 3.29. The van der Waals surface area contributed by atoms with Crippen molar-refractivity contribution in [2.75, 3.05) is 20.1 Å². The third-order valence-corrected chi connectivity index (χ3v) is 4.45. The number of furan rings is 1. The molecule has 0 radical (unpaired) electrons. The maximum absolute atomic E-state index is 12.9. The van der Waals surface area contributed by atoms with Crippen LogP contribution >= 0.6 is 15.9 Å². The summed E-state index contributed by atoms with van der Waals surface area (Å²) < 4.78 is 6.20. The Morgan fingerprint density at radius 3 is 2.90 bits per heavy atom. The SMILES string of the molecule is CCCC1(C(=O)N(C)Cc2ccc(Br)o2)CCCNC1. The van der Waals surface area contributed by atoms with Crippen LogP contribution in [0.2, 0.25) is 0 Å². The predicted octanol–water partition coefficient (Wildman–Crippen LogP) is 3.17. The molecule has 1 atom stereocenters. The van der Waals surface area contributed by atoms with Gasteiger partial charge in [-0.15, -0.1) is 0 Å². The van der Waals surface area contributed by atoms with E-state index in [2.05, 4.69) is 28.2 Å². The van der Waals surface area contributed by atoms with E-state index >= 15 is 0 Å². The molecule has 0 spiro atoms. The Kier molecular flexibility index (Phi) is 5.27. The molecule has 4 nitrogen and oxygen atoms in total. The average Bonchev–Trinajstić information content (AvgIpc) is 2.84. The lowest BCUT2D eigenvalue weighted by atomic mass is 9.76. The van der Waals surface area contributed by atoms with Gasteiger partial charge in [0, 0.05) is 13.6 Å². The van der Waals surface area contributed by atoms with Crippen LogP contribution < -0.4 is 5.32 Å². The molecule has 112 valence electrons. The third-order valence-electron chi connectivity index (χ3n) is 4.02. The number of amides is 1. The third kappa shape index (κ3) is 3.44. The number of carbonyl (C=O) groups is 1. The molecule has 2 rings (SSSR count). The number of nitrogens with zero attached hydrogens (tertiary/aromatic N) is 1. The first kappa shape index (κ1) is 15.6. The summed E-state index contributed by atoms with van der Waals surface area (Å²) in [6.07, 6.45) is 4.04. The van der Waals surface area contributed by atoms with Gasteiger partial charge in [-0.1, -0.05) is 13.3 Å². The van der Waals surface area contributed by atoms with E-state index in [-0.39, 0.29) is 11.3 Å². The molecule has 20 heavy (non-hydrogen) atoms. The Labute approximate surface area is 129 Å². The van der Waals surface area contributed by atoms with Crippen molar-refractivity contribution in [3.05, 3.63) is 22.6 Å². The molecule has 1 N–H and O–H groups in total. The molecular formula is C15H23BrN2O2. The minimum atomic E-state index is -0.231. The quantitative estimate of drug-likeness (QED) is 0.893. The van der Waals surface area contributed by atoms with Gasteiger partial charge in [0.25, 0.3) is 0 Å². The molecule has 0 aromatic carbocycles. The first-order valence-corrected chi connectivity index (χ1v) is 8.07. The van der Waals surface area contributed by atoms with Crippen molar-refractivity contribution in [1.29, 1.82) is 0 Å². The molecule has 0 aliphatic carbocycles. The Bertz CT molecular complexity index is 447. The fraction of sp³-hybridized carbons (Fsp3) is 0.667. The van der Waals surface area contributed by atoms with Gasteiger partial charge >= 0.3 is 0 Å². The summed E-state index contributed by atoms with van der Waals surface area (Å²) in [6.45, 7) is 4.49. The van der Waals surface area contributed by atoms with Gasteiger partial charge in [-0.25, -0.2) is 0 Å². The van der Waals surface area contributed by atoms with Crippen molar-refractivity contribution < 1.29 is 9.21 Å². The van der Waals surface area contributed by atoms with Gasteiger partial charge in [0.15, 0.2) is 4.67 Å². The lowest BCUT2D eigenvalue weighted by Gasteiger charge is -2.38. The van der Waals surface area contributed by atoms with Gasteiger partial charge in [0.1, 0.15) is 5.76 Å². The van der Waals surface area contributed by atoms with Crippen LogP contribution in [0.15, 0.2) is 21.2 Å². The summed E-state index contributed by atoms with van der Waals surface area (Å²) in [6, 6.07) is 3.76. The van der Waals surface area contributed by atoms with Crippen molar-refractivity contribution in [2.45, 2.75) is 39.2 Å². The highest BCUT2D eigenvalue weighted by Gasteiger charge is 2.40. The number of hydrogen-bond acceptors (Lipinski definition) is 3. The second-order valence-corrected chi connectivity index (χ2v) is 6.46. The van der Waals surface area contributed by atoms with E-state index in [1.807, 2.05) is 19.2 Å². The van der Waals surface area contributed by atoms with E-state index in [0.717, 1.165) is 44.5 Å². The standard InChI is InChI=1S/C15H23BrN2O2/c1-3-7-15(8-4-9-17-11-15)14(19)18(2)10-12-5-6-13(16)20-12/h5-6,17H,3-4,7-11H2,1-2H3. The second-order valence-electron chi connectivity index (χ2n) is 5.68. The van der Waals surface area contributed by atoms with Gasteiger partial charge in [-0.3, -0.25) is 4.79 Å². The summed E-state index contributed by atoms with van der Waals surface area (Å²) in [5.41, 5.74) is -0.231. The highest BCUT2D eigenvalue weighted by atomic mass is 79.9. The normalized spacial score (nSPS) is 22.8. The van der Waals surface area contributed by atoms with Crippen molar-refractivity contribution in [2.24, 2.45) is 5.41 Å². The number of rotatable bonds is 5. The first-order valence-electron chi connectivity index (χ1n) is 7.28.